The molecule has 0 aromatic heterocycles. The van der Waals surface area contributed by atoms with E-state index in [1.54, 1.807) is 6.21 Å². The molecule has 2 aliphatic rings. The average molecular weight is 429 g/mol. The SMILES string of the molecule is CN=C(C(C#N)C#N)C1(CN2CCOCC2)C=C(Cc2ccc(C(F)(F)F)cc2)C=N1. The van der Waals surface area contributed by atoms with Crippen LogP contribution >= 0.6 is 0 Å². The first kappa shape index (κ1) is 22.7. The quantitative estimate of drug-likeness (QED) is 0.651. The lowest BCUT2D eigenvalue weighted by molar-refractivity contribution is -0.137. The molecule has 0 bridgehead atoms. The summed E-state index contributed by atoms with van der Waals surface area (Å²) in [6.45, 7) is 3.00. The van der Waals surface area contributed by atoms with Crippen molar-refractivity contribution in [2.45, 2.75) is 18.1 Å². The molecule has 2 heterocycles. The molecule has 1 saturated heterocycles. The molecular weight excluding hydrogens is 407 g/mol. The fourth-order valence-corrected chi connectivity index (χ4v) is 3.85. The van der Waals surface area contributed by atoms with Gasteiger partial charge in [0.05, 0.1) is 36.6 Å². The van der Waals surface area contributed by atoms with Crippen LogP contribution in [0.15, 0.2) is 45.9 Å². The predicted octanol–water partition coefficient (Wildman–Crippen LogP) is 3.06. The number of alkyl halides is 3. The first-order valence-electron chi connectivity index (χ1n) is 9.81. The lowest BCUT2D eigenvalue weighted by Gasteiger charge is -2.35. The lowest BCUT2D eigenvalue weighted by atomic mass is 9.84. The zero-order valence-corrected chi connectivity index (χ0v) is 17.1. The van der Waals surface area contributed by atoms with Gasteiger partial charge < -0.3 is 4.74 Å². The summed E-state index contributed by atoms with van der Waals surface area (Å²) < 4.78 is 43.8. The van der Waals surface area contributed by atoms with Crippen LogP contribution in [-0.2, 0) is 17.3 Å². The number of halogens is 3. The van der Waals surface area contributed by atoms with Crippen molar-refractivity contribution in [3.63, 3.8) is 0 Å². The Balaban J connectivity index is 1.89. The van der Waals surface area contributed by atoms with E-state index >= 15 is 0 Å². The number of allylic oxidation sites excluding steroid dienone is 1. The monoisotopic (exact) mass is 429 g/mol. The number of benzene rings is 1. The highest BCUT2D eigenvalue weighted by atomic mass is 19.4. The standard InChI is InChI=1S/C22H22F3N5O/c1-28-20(18(12-26)13-27)21(15-30-6-8-31-9-7-30)11-17(14-29-21)10-16-2-4-19(5-3-16)22(23,24)25/h2-5,11,14,18H,6-10,15H2,1H3. The Morgan fingerprint density at radius 1 is 1.23 bits per heavy atom. The van der Waals surface area contributed by atoms with Crippen LogP contribution in [0.3, 0.4) is 0 Å². The second-order valence-corrected chi connectivity index (χ2v) is 7.46. The Hall–Kier alpha value is -3.01. The largest absolute Gasteiger partial charge is 0.416 e. The Bertz CT molecular complexity index is 949. The van der Waals surface area contributed by atoms with E-state index in [-0.39, 0.29) is 0 Å². The number of hydrogen-bond donors (Lipinski definition) is 0. The maximum atomic E-state index is 12.8. The van der Waals surface area contributed by atoms with E-state index in [1.807, 2.05) is 18.2 Å². The second kappa shape index (κ2) is 9.42. The van der Waals surface area contributed by atoms with Crippen LogP contribution in [0.5, 0.6) is 0 Å². The zero-order chi connectivity index (χ0) is 22.5. The van der Waals surface area contributed by atoms with E-state index in [0.717, 1.165) is 17.7 Å². The highest BCUT2D eigenvalue weighted by molar-refractivity contribution is 6.05. The molecule has 1 atom stereocenters. The first-order valence-corrected chi connectivity index (χ1v) is 9.81. The smallest absolute Gasteiger partial charge is 0.379 e. The summed E-state index contributed by atoms with van der Waals surface area (Å²) in [6, 6.07) is 8.97. The van der Waals surface area contributed by atoms with Gasteiger partial charge in [-0.3, -0.25) is 14.9 Å². The van der Waals surface area contributed by atoms with Gasteiger partial charge in [-0.1, -0.05) is 12.1 Å². The lowest BCUT2D eigenvalue weighted by Crippen LogP contribution is -2.50. The van der Waals surface area contributed by atoms with Crippen LogP contribution in [-0.4, -0.2) is 62.3 Å². The number of morpholine rings is 1. The molecule has 0 spiro atoms. The van der Waals surface area contributed by atoms with E-state index in [4.69, 9.17) is 4.74 Å². The molecule has 0 radical (unpaired) electrons. The fraction of sp³-hybridized carbons (Fsp3) is 0.455. The molecule has 0 saturated carbocycles. The van der Waals surface area contributed by atoms with E-state index in [1.165, 1.54) is 19.2 Å². The van der Waals surface area contributed by atoms with Gasteiger partial charge in [-0.2, -0.15) is 23.7 Å². The van der Waals surface area contributed by atoms with Crippen molar-refractivity contribution in [2.75, 3.05) is 39.9 Å². The molecule has 1 unspecified atom stereocenters. The van der Waals surface area contributed by atoms with E-state index in [9.17, 15) is 23.7 Å². The molecular formula is C22H22F3N5O. The number of hydrogen-bond acceptors (Lipinski definition) is 6. The van der Waals surface area contributed by atoms with Gasteiger partial charge in [-0.25, -0.2) is 0 Å². The van der Waals surface area contributed by atoms with Crippen molar-refractivity contribution in [2.24, 2.45) is 15.9 Å². The molecule has 9 heteroatoms. The van der Waals surface area contributed by atoms with E-state index in [0.29, 0.717) is 50.5 Å². The van der Waals surface area contributed by atoms with Gasteiger partial charge in [0.25, 0.3) is 0 Å². The molecule has 162 valence electrons. The van der Waals surface area contributed by atoms with Crippen LogP contribution < -0.4 is 0 Å². The van der Waals surface area contributed by atoms with Crippen LogP contribution in [0.25, 0.3) is 0 Å². The maximum absolute atomic E-state index is 12.8. The van der Waals surface area contributed by atoms with Crippen molar-refractivity contribution in [3.8, 4) is 12.1 Å². The van der Waals surface area contributed by atoms with Gasteiger partial charge >= 0.3 is 6.18 Å². The van der Waals surface area contributed by atoms with Gasteiger partial charge in [-0.15, -0.1) is 0 Å². The summed E-state index contributed by atoms with van der Waals surface area (Å²) in [5.74, 6) is -1.05. The van der Waals surface area contributed by atoms with Crippen LogP contribution in [0, 0.1) is 28.6 Å². The second-order valence-electron chi connectivity index (χ2n) is 7.46. The molecule has 31 heavy (non-hydrogen) atoms. The van der Waals surface area contributed by atoms with E-state index in [2.05, 4.69) is 14.9 Å². The maximum Gasteiger partial charge on any atom is 0.416 e. The number of ether oxygens (including phenoxy) is 1. The number of nitrogens with zero attached hydrogens (tertiary/aromatic N) is 5. The Morgan fingerprint density at radius 3 is 2.42 bits per heavy atom. The summed E-state index contributed by atoms with van der Waals surface area (Å²) in [7, 11) is 1.54. The minimum atomic E-state index is -4.38. The van der Waals surface area contributed by atoms with Crippen molar-refractivity contribution < 1.29 is 17.9 Å². The van der Waals surface area contributed by atoms with Gasteiger partial charge in [0, 0.05) is 32.9 Å². The van der Waals surface area contributed by atoms with Gasteiger partial charge in [0.15, 0.2) is 5.92 Å². The van der Waals surface area contributed by atoms with Crippen molar-refractivity contribution in [1.82, 2.24) is 4.90 Å². The summed E-state index contributed by atoms with van der Waals surface area (Å²) in [5.41, 5.74) is 0.202. The van der Waals surface area contributed by atoms with Gasteiger partial charge in [-0.05, 0) is 35.8 Å². The van der Waals surface area contributed by atoms with Gasteiger partial charge in [0.2, 0.25) is 0 Å². The van der Waals surface area contributed by atoms with Crippen LogP contribution in [0.1, 0.15) is 11.1 Å². The summed E-state index contributed by atoms with van der Waals surface area (Å²) >= 11 is 0. The summed E-state index contributed by atoms with van der Waals surface area (Å²) in [6.07, 6.45) is -0.456. The zero-order valence-electron chi connectivity index (χ0n) is 17.1. The number of rotatable bonds is 6. The molecule has 0 N–H and O–H groups in total. The molecule has 1 fully saturated rings. The number of nitriles is 2. The third-order valence-corrected chi connectivity index (χ3v) is 5.36. The highest BCUT2D eigenvalue weighted by Crippen LogP contribution is 2.31. The van der Waals surface area contributed by atoms with Gasteiger partial charge in [0.1, 0.15) is 5.54 Å². The number of aliphatic imine (C=N–C) groups is 2. The molecule has 1 aromatic carbocycles. The minimum absolute atomic E-state index is 0.364. The molecule has 6 nitrogen and oxygen atoms in total. The Kier molecular flexibility index (Phi) is 6.89. The van der Waals surface area contributed by atoms with Crippen molar-refractivity contribution >= 4 is 11.9 Å². The Morgan fingerprint density at radius 2 is 1.87 bits per heavy atom. The molecule has 0 aliphatic carbocycles. The molecule has 3 rings (SSSR count). The van der Waals surface area contributed by atoms with Crippen molar-refractivity contribution in [3.05, 3.63) is 47.0 Å². The molecule has 2 aliphatic heterocycles. The predicted molar refractivity (Wildman–Crippen MR) is 110 cm³/mol. The highest BCUT2D eigenvalue weighted by Gasteiger charge is 2.42. The topological polar surface area (TPSA) is 84.8 Å². The Labute approximate surface area is 179 Å². The summed E-state index contributed by atoms with van der Waals surface area (Å²) in [4.78, 5) is 11.1. The molecule has 0 amide bonds. The third kappa shape index (κ3) is 5.19. The minimum Gasteiger partial charge on any atom is -0.379 e. The van der Waals surface area contributed by atoms with Crippen LogP contribution in [0.2, 0.25) is 0 Å². The first-order chi connectivity index (χ1) is 14.8. The molecule has 1 aromatic rings. The normalized spacial score (nSPS) is 22.3. The summed E-state index contributed by atoms with van der Waals surface area (Å²) in [5, 5.41) is 18.9. The third-order valence-electron chi connectivity index (χ3n) is 5.36. The average Bonchev–Trinajstić information content (AvgIpc) is 3.15. The van der Waals surface area contributed by atoms with Crippen LogP contribution in [0.4, 0.5) is 13.2 Å². The fourth-order valence-electron chi connectivity index (χ4n) is 3.85. The van der Waals surface area contributed by atoms with E-state index < -0.39 is 23.2 Å². The van der Waals surface area contributed by atoms with Crippen molar-refractivity contribution in [1.29, 1.82) is 10.5 Å².